The van der Waals surface area contributed by atoms with Gasteiger partial charge in [0.05, 0.1) is 0 Å². The molecule has 0 aliphatic heterocycles. The lowest BCUT2D eigenvalue weighted by molar-refractivity contribution is 0.180. The number of nitrogens with zero attached hydrogens (tertiary/aromatic N) is 2. The zero-order valence-electron chi connectivity index (χ0n) is 12.5. The van der Waals surface area contributed by atoms with Gasteiger partial charge in [0.2, 0.25) is 0 Å². The van der Waals surface area contributed by atoms with Crippen LogP contribution in [0.25, 0.3) is 0 Å². The summed E-state index contributed by atoms with van der Waals surface area (Å²) in [5.74, 6) is 0.253. The summed E-state index contributed by atoms with van der Waals surface area (Å²) in [6.45, 7) is 5.41. The second-order valence-electron chi connectivity index (χ2n) is 6.08. The first-order chi connectivity index (χ1) is 9.39. The summed E-state index contributed by atoms with van der Waals surface area (Å²) in [6.07, 6.45) is 4.35. The zero-order chi connectivity index (χ0) is 14.9. The van der Waals surface area contributed by atoms with E-state index in [0.29, 0.717) is 12.2 Å². The van der Waals surface area contributed by atoms with E-state index in [-0.39, 0.29) is 22.5 Å². The van der Waals surface area contributed by atoms with Crippen molar-refractivity contribution >= 4 is 11.5 Å². The molecule has 1 aliphatic rings. The predicted octanol–water partition coefficient (Wildman–Crippen LogP) is 1.14. The van der Waals surface area contributed by atoms with E-state index < -0.39 is 0 Å². The van der Waals surface area contributed by atoms with Crippen molar-refractivity contribution in [1.82, 2.24) is 9.13 Å². The van der Waals surface area contributed by atoms with Crippen LogP contribution in [0, 0.1) is 5.41 Å². The highest BCUT2D eigenvalue weighted by atomic mass is 16.2. The quantitative estimate of drug-likeness (QED) is 0.847. The first-order valence-electron chi connectivity index (χ1n) is 7.23. The maximum Gasteiger partial charge on any atom is 0.332 e. The predicted molar refractivity (Wildman–Crippen MR) is 81.1 cm³/mol. The molecule has 0 spiro atoms. The average Bonchev–Trinajstić information content (AvgIpc) is 2.39. The Kier molecular flexibility index (Phi) is 3.92. The number of nitrogens with two attached hydrogens (primary N) is 1. The fourth-order valence-electron chi connectivity index (χ4n) is 2.65. The van der Waals surface area contributed by atoms with E-state index in [1.54, 1.807) is 0 Å². The van der Waals surface area contributed by atoms with E-state index in [9.17, 15) is 9.59 Å². The molecule has 0 aromatic carbocycles. The number of hydrogen-bond acceptors (Lipinski definition) is 4. The van der Waals surface area contributed by atoms with Crippen LogP contribution in [-0.4, -0.2) is 15.7 Å². The van der Waals surface area contributed by atoms with Gasteiger partial charge < -0.3 is 11.1 Å². The molecule has 112 valence electrons. The molecule has 0 radical (unpaired) electrons. The van der Waals surface area contributed by atoms with Gasteiger partial charge in [-0.05, 0) is 24.7 Å². The smallest absolute Gasteiger partial charge is 0.332 e. The van der Waals surface area contributed by atoms with E-state index >= 15 is 0 Å². The Morgan fingerprint density at radius 2 is 2.00 bits per heavy atom. The topological polar surface area (TPSA) is 82.0 Å². The third kappa shape index (κ3) is 2.46. The fraction of sp³-hybridized carbons (Fsp3) is 0.714. The molecule has 1 aliphatic carbocycles. The Balaban J connectivity index is 2.36. The molecule has 0 unspecified atom stereocenters. The van der Waals surface area contributed by atoms with Crippen molar-refractivity contribution in [3.05, 3.63) is 20.8 Å². The van der Waals surface area contributed by atoms with Gasteiger partial charge in [0.1, 0.15) is 11.5 Å². The standard InChI is InChI=1S/C14H24N4O2/c1-4-8-18-11(15)10(12(19)17(3)13(18)20)16-9-14(2)6-5-7-14/h16H,4-9,15H2,1-3H3. The number of anilines is 2. The second kappa shape index (κ2) is 5.34. The highest BCUT2D eigenvalue weighted by Gasteiger charge is 2.32. The highest BCUT2D eigenvalue weighted by molar-refractivity contribution is 5.60. The number of aromatic nitrogens is 2. The summed E-state index contributed by atoms with van der Waals surface area (Å²) >= 11 is 0. The molecule has 2 rings (SSSR count). The van der Waals surface area contributed by atoms with Crippen molar-refractivity contribution in [3.63, 3.8) is 0 Å². The Morgan fingerprint density at radius 3 is 2.50 bits per heavy atom. The molecular formula is C14H24N4O2. The summed E-state index contributed by atoms with van der Waals surface area (Å²) in [5.41, 5.74) is 5.91. The van der Waals surface area contributed by atoms with Crippen LogP contribution < -0.4 is 22.3 Å². The number of rotatable bonds is 5. The van der Waals surface area contributed by atoms with Gasteiger partial charge in [0.15, 0.2) is 0 Å². The Hall–Kier alpha value is -1.72. The summed E-state index contributed by atoms with van der Waals surface area (Å²) in [7, 11) is 1.49. The molecule has 0 amide bonds. The van der Waals surface area contributed by atoms with Gasteiger partial charge in [-0.2, -0.15) is 0 Å². The lowest BCUT2D eigenvalue weighted by atomic mass is 9.70. The monoisotopic (exact) mass is 280 g/mol. The van der Waals surface area contributed by atoms with Gasteiger partial charge in [-0.3, -0.25) is 13.9 Å². The third-order valence-corrected chi connectivity index (χ3v) is 4.28. The van der Waals surface area contributed by atoms with Crippen molar-refractivity contribution in [2.45, 2.75) is 46.1 Å². The number of nitrogens with one attached hydrogen (secondary N) is 1. The Bertz CT molecular complexity index is 611. The number of nitrogen functional groups attached to an aromatic ring is 1. The molecule has 1 heterocycles. The van der Waals surface area contributed by atoms with E-state index in [2.05, 4.69) is 12.2 Å². The lowest BCUT2D eigenvalue weighted by Gasteiger charge is -2.38. The summed E-state index contributed by atoms with van der Waals surface area (Å²) in [4.78, 5) is 24.2. The van der Waals surface area contributed by atoms with Gasteiger partial charge in [0, 0.05) is 20.1 Å². The van der Waals surface area contributed by atoms with Crippen molar-refractivity contribution in [2.75, 3.05) is 17.6 Å². The van der Waals surface area contributed by atoms with E-state index in [4.69, 9.17) is 5.73 Å². The maximum atomic E-state index is 12.2. The van der Waals surface area contributed by atoms with Crippen LogP contribution in [-0.2, 0) is 13.6 Å². The average molecular weight is 280 g/mol. The molecule has 0 bridgehead atoms. The zero-order valence-corrected chi connectivity index (χ0v) is 12.5. The Morgan fingerprint density at radius 1 is 1.35 bits per heavy atom. The maximum absolute atomic E-state index is 12.2. The third-order valence-electron chi connectivity index (χ3n) is 4.28. The Labute approximate surface area is 118 Å². The second-order valence-corrected chi connectivity index (χ2v) is 6.08. The summed E-state index contributed by atoms with van der Waals surface area (Å²) in [5, 5.41) is 3.17. The van der Waals surface area contributed by atoms with Crippen molar-refractivity contribution in [3.8, 4) is 0 Å². The molecule has 1 fully saturated rings. The number of hydrogen-bond donors (Lipinski definition) is 2. The highest BCUT2D eigenvalue weighted by Crippen LogP contribution is 2.40. The van der Waals surface area contributed by atoms with Crippen LogP contribution >= 0.6 is 0 Å². The van der Waals surface area contributed by atoms with Crippen LogP contribution in [0.3, 0.4) is 0 Å². The molecule has 20 heavy (non-hydrogen) atoms. The molecular weight excluding hydrogens is 256 g/mol. The fourth-order valence-corrected chi connectivity index (χ4v) is 2.65. The summed E-state index contributed by atoms with van der Waals surface area (Å²) in [6, 6.07) is 0. The molecule has 6 heteroatoms. The minimum atomic E-state index is -0.352. The first-order valence-corrected chi connectivity index (χ1v) is 7.23. The molecule has 3 N–H and O–H groups in total. The van der Waals surface area contributed by atoms with E-state index in [1.165, 1.54) is 18.0 Å². The van der Waals surface area contributed by atoms with Gasteiger partial charge in [-0.15, -0.1) is 0 Å². The van der Waals surface area contributed by atoms with E-state index in [0.717, 1.165) is 30.4 Å². The van der Waals surface area contributed by atoms with Crippen LogP contribution in [0.15, 0.2) is 9.59 Å². The van der Waals surface area contributed by atoms with Crippen molar-refractivity contribution < 1.29 is 0 Å². The van der Waals surface area contributed by atoms with Crippen LogP contribution in [0.5, 0.6) is 0 Å². The van der Waals surface area contributed by atoms with Gasteiger partial charge in [-0.1, -0.05) is 20.3 Å². The van der Waals surface area contributed by atoms with Crippen LogP contribution in [0.2, 0.25) is 0 Å². The summed E-state index contributed by atoms with van der Waals surface area (Å²) < 4.78 is 2.59. The molecule has 6 nitrogen and oxygen atoms in total. The molecule has 1 aromatic rings. The largest absolute Gasteiger partial charge is 0.383 e. The minimum Gasteiger partial charge on any atom is -0.383 e. The molecule has 1 aromatic heterocycles. The molecule has 0 saturated heterocycles. The molecule has 0 atom stereocenters. The molecule has 1 saturated carbocycles. The first kappa shape index (κ1) is 14.7. The SMILES string of the molecule is CCCn1c(N)c(NCC2(C)CCC2)c(=O)n(C)c1=O. The van der Waals surface area contributed by atoms with Crippen molar-refractivity contribution in [1.29, 1.82) is 0 Å². The normalized spacial score (nSPS) is 16.8. The lowest BCUT2D eigenvalue weighted by Crippen LogP contribution is -2.42. The van der Waals surface area contributed by atoms with Gasteiger partial charge in [-0.25, -0.2) is 4.79 Å². The van der Waals surface area contributed by atoms with Crippen LogP contribution in [0.1, 0.15) is 39.5 Å². The van der Waals surface area contributed by atoms with Crippen molar-refractivity contribution in [2.24, 2.45) is 12.5 Å². The van der Waals surface area contributed by atoms with Crippen LogP contribution in [0.4, 0.5) is 11.5 Å². The van der Waals surface area contributed by atoms with Gasteiger partial charge >= 0.3 is 5.69 Å². The van der Waals surface area contributed by atoms with Gasteiger partial charge in [0.25, 0.3) is 5.56 Å². The van der Waals surface area contributed by atoms with E-state index in [1.807, 2.05) is 6.92 Å². The minimum absolute atomic E-state index is 0.239.